The smallest absolute Gasteiger partial charge is 0.406 e. The van der Waals surface area contributed by atoms with Gasteiger partial charge in [-0.25, -0.2) is 0 Å². The molecule has 2 fully saturated rings. The predicted octanol–water partition coefficient (Wildman–Crippen LogP) is 7.30. The summed E-state index contributed by atoms with van der Waals surface area (Å²) in [6, 6.07) is 15.5. The van der Waals surface area contributed by atoms with Gasteiger partial charge in [-0.1, -0.05) is 37.5 Å². The van der Waals surface area contributed by atoms with Crippen molar-refractivity contribution < 1.29 is 17.9 Å². The average molecular weight is 539 g/mol. The second kappa shape index (κ2) is 12.0. The standard InChI is InChI=1S/C31H37F3N4O/c32-31(33,34)39-26-8-4-5-22(18-26)27(15-16-37-24-12-10-23(36)11-13-24)29-20-38(25-6-2-1-3-7-25)30-17-21(19-35)9-14-28(29)30/h4-5,8-9,14,17-18,20,23-25,27,37H,1-3,6-7,10-13,15-16,36H2. The third-order valence-electron chi connectivity index (χ3n) is 8.47. The highest BCUT2D eigenvalue weighted by Gasteiger charge is 2.32. The van der Waals surface area contributed by atoms with E-state index in [2.05, 4.69) is 26.9 Å². The zero-order chi connectivity index (χ0) is 27.4. The Morgan fingerprint density at radius 1 is 1.03 bits per heavy atom. The Morgan fingerprint density at radius 3 is 2.51 bits per heavy atom. The fourth-order valence-electron chi connectivity index (χ4n) is 6.47. The number of nitriles is 1. The Hall–Kier alpha value is -3.02. The van der Waals surface area contributed by atoms with Gasteiger partial charge >= 0.3 is 6.36 Å². The first kappa shape index (κ1) is 27.5. The number of alkyl halides is 3. The minimum absolute atomic E-state index is 0.139. The Labute approximate surface area is 228 Å². The van der Waals surface area contributed by atoms with E-state index in [9.17, 15) is 18.4 Å². The molecule has 2 aliphatic rings. The van der Waals surface area contributed by atoms with Crippen molar-refractivity contribution in [1.29, 1.82) is 5.26 Å². The summed E-state index contributed by atoms with van der Waals surface area (Å²) in [6.45, 7) is 0.737. The van der Waals surface area contributed by atoms with Crippen molar-refractivity contribution in [2.45, 2.75) is 94.6 Å². The molecule has 5 nitrogen and oxygen atoms in total. The van der Waals surface area contributed by atoms with Gasteiger partial charge in [-0.3, -0.25) is 0 Å². The van der Waals surface area contributed by atoms with E-state index < -0.39 is 6.36 Å². The number of halogens is 3. The van der Waals surface area contributed by atoms with Crippen molar-refractivity contribution in [2.75, 3.05) is 6.54 Å². The Balaban J connectivity index is 1.51. The number of rotatable bonds is 8. The second-order valence-corrected chi connectivity index (χ2v) is 11.2. The molecule has 39 heavy (non-hydrogen) atoms. The molecule has 208 valence electrons. The number of nitrogens with zero attached hydrogens (tertiary/aromatic N) is 2. The van der Waals surface area contributed by atoms with Gasteiger partial charge in [0.05, 0.1) is 11.6 Å². The second-order valence-electron chi connectivity index (χ2n) is 11.2. The van der Waals surface area contributed by atoms with Gasteiger partial charge in [0.2, 0.25) is 0 Å². The molecular weight excluding hydrogens is 501 g/mol. The molecule has 8 heteroatoms. The first-order chi connectivity index (χ1) is 18.8. The lowest BCUT2D eigenvalue weighted by Crippen LogP contribution is -2.38. The predicted molar refractivity (Wildman–Crippen MR) is 147 cm³/mol. The number of benzene rings is 2. The summed E-state index contributed by atoms with van der Waals surface area (Å²) < 4.78 is 45.8. The molecule has 1 unspecified atom stereocenters. The van der Waals surface area contributed by atoms with Gasteiger partial charge in [-0.05, 0) is 86.9 Å². The van der Waals surface area contributed by atoms with Crippen LogP contribution in [0, 0.1) is 11.3 Å². The topological polar surface area (TPSA) is 76.0 Å². The number of aromatic nitrogens is 1. The summed E-state index contributed by atoms with van der Waals surface area (Å²) >= 11 is 0. The van der Waals surface area contributed by atoms with Crippen molar-refractivity contribution in [3.05, 3.63) is 65.4 Å². The van der Waals surface area contributed by atoms with Gasteiger partial charge in [0.15, 0.2) is 0 Å². The summed E-state index contributed by atoms with van der Waals surface area (Å²) in [7, 11) is 0. The van der Waals surface area contributed by atoms with Crippen LogP contribution in [0.5, 0.6) is 5.75 Å². The van der Waals surface area contributed by atoms with E-state index in [-0.39, 0.29) is 17.7 Å². The van der Waals surface area contributed by atoms with Gasteiger partial charge in [-0.2, -0.15) is 5.26 Å². The molecule has 0 amide bonds. The van der Waals surface area contributed by atoms with Crippen LogP contribution in [0.2, 0.25) is 0 Å². The summed E-state index contributed by atoms with van der Waals surface area (Å²) in [4.78, 5) is 0. The van der Waals surface area contributed by atoms with Crippen LogP contribution < -0.4 is 15.8 Å². The van der Waals surface area contributed by atoms with Crippen LogP contribution in [-0.4, -0.2) is 29.6 Å². The van der Waals surface area contributed by atoms with Gasteiger partial charge in [0.1, 0.15) is 5.75 Å². The van der Waals surface area contributed by atoms with E-state index >= 15 is 0 Å². The summed E-state index contributed by atoms with van der Waals surface area (Å²) in [5, 5.41) is 14.3. The van der Waals surface area contributed by atoms with Crippen molar-refractivity contribution in [3.8, 4) is 11.8 Å². The number of hydrogen-bond donors (Lipinski definition) is 2. The number of nitrogens with two attached hydrogens (primary N) is 1. The van der Waals surface area contributed by atoms with E-state index in [0.29, 0.717) is 17.6 Å². The monoisotopic (exact) mass is 538 g/mol. The van der Waals surface area contributed by atoms with Gasteiger partial charge < -0.3 is 20.4 Å². The summed E-state index contributed by atoms with van der Waals surface area (Å²) in [6.07, 6.45) is 8.03. The molecule has 1 atom stereocenters. The third-order valence-corrected chi connectivity index (χ3v) is 8.47. The van der Waals surface area contributed by atoms with Crippen LogP contribution in [0.25, 0.3) is 10.9 Å². The fraction of sp³-hybridized carbons (Fsp3) is 0.516. The van der Waals surface area contributed by atoms with Crippen LogP contribution in [0.3, 0.4) is 0 Å². The summed E-state index contributed by atoms with van der Waals surface area (Å²) in [5.41, 5.74) is 9.58. The van der Waals surface area contributed by atoms with E-state index in [4.69, 9.17) is 5.73 Å². The highest BCUT2D eigenvalue weighted by molar-refractivity contribution is 5.86. The van der Waals surface area contributed by atoms with Crippen LogP contribution in [0.1, 0.15) is 92.9 Å². The molecule has 2 aromatic carbocycles. The Kier molecular flexibility index (Phi) is 8.49. The van der Waals surface area contributed by atoms with Gasteiger partial charge in [0, 0.05) is 41.1 Å². The Bertz CT molecular complexity index is 1300. The SMILES string of the molecule is N#Cc1ccc2c(C(CCNC3CCC(N)CC3)c3cccc(OC(F)(F)F)c3)cn(C3CCCCC3)c2c1. The van der Waals surface area contributed by atoms with Crippen LogP contribution in [0.4, 0.5) is 13.2 Å². The van der Waals surface area contributed by atoms with Gasteiger partial charge in [0.25, 0.3) is 0 Å². The molecule has 0 radical (unpaired) electrons. The zero-order valence-corrected chi connectivity index (χ0v) is 22.2. The third kappa shape index (κ3) is 6.77. The number of nitrogens with one attached hydrogen (secondary N) is 1. The van der Waals surface area contributed by atoms with Gasteiger partial charge in [-0.15, -0.1) is 13.2 Å². The molecule has 2 aliphatic carbocycles. The van der Waals surface area contributed by atoms with Crippen molar-refractivity contribution >= 4 is 10.9 Å². The molecule has 0 bridgehead atoms. The minimum atomic E-state index is -4.75. The van der Waals surface area contributed by atoms with E-state index in [1.165, 1.54) is 31.4 Å². The molecule has 3 aromatic rings. The number of fused-ring (bicyclic) bond motifs is 1. The zero-order valence-electron chi connectivity index (χ0n) is 22.2. The number of ether oxygens (including phenoxy) is 1. The average Bonchev–Trinajstić information content (AvgIpc) is 3.30. The van der Waals surface area contributed by atoms with Crippen molar-refractivity contribution in [3.63, 3.8) is 0 Å². The van der Waals surface area contributed by atoms with Crippen molar-refractivity contribution in [2.24, 2.45) is 5.73 Å². The lowest BCUT2D eigenvalue weighted by molar-refractivity contribution is -0.274. The molecule has 2 saturated carbocycles. The van der Waals surface area contributed by atoms with E-state index in [0.717, 1.165) is 73.5 Å². The highest BCUT2D eigenvalue weighted by Crippen LogP contribution is 2.40. The Morgan fingerprint density at radius 2 is 1.79 bits per heavy atom. The molecular formula is C31H37F3N4O. The minimum Gasteiger partial charge on any atom is -0.406 e. The number of hydrogen-bond acceptors (Lipinski definition) is 4. The molecule has 3 N–H and O–H groups in total. The molecule has 1 aromatic heterocycles. The molecule has 5 rings (SSSR count). The van der Waals surface area contributed by atoms with E-state index in [1.807, 2.05) is 24.3 Å². The fourth-order valence-corrected chi connectivity index (χ4v) is 6.47. The quantitative estimate of drug-likeness (QED) is 0.316. The normalized spacial score (nSPS) is 21.5. The molecule has 0 spiro atoms. The largest absolute Gasteiger partial charge is 0.573 e. The molecule has 1 heterocycles. The molecule has 0 aliphatic heterocycles. The van der Waals surface area contributed by atoms with E-state index in [1.54, 1.807) is 6.07 Å². The maximum atomic E-state index is 13.1. The van der Waals surface area contributed by atoms with Crippen molar-refractivity contribution in [1.82, 2.24) is 9.88 Å². The maximum absolute atomic E-state index is 13.1. The first-order valence-electron chi connectivity index (χ1n) is 14.2. The molecule has 0 saturated heterocycles. The summed E-state index contributed by atoms with van der Waals surface area (Å²) in [5.74, 6) is -0.345. The van der Waals surface area contributed by atoms with Crippen LogP contribution in [-0.2, 0) is 0 Å². The lowest BCUT2D eigenvalue weighted by atomic mass is 9.87. The van der Waals surface area contributed by atoms with Crippen LogP contribution in [0.15, 0.2) is 48.7 Å². The lowest BCUT2D eigenvalue weighted by Gasteiger charge is -2.28. The van der Waals surface area contributed by atoms with Crippen LogP contribution >= 0.6 is 0 Å². The maximum Gasteiger partial charge on any atom is 0.573 e. The first-order valence-corrected chi connectivity index (χ1v) is 14.2. The highest BCUT2D eigenvalue weighted by atomic mass is 19.4.